The van der Waals surface area contributed by atoms with E-state index in [2.05, 4.69) is 18.4 Å². The molecule has 1 aliphatic rings. The number of benzene rings is 4. The summed E-state index contributed by atoms with van der Waals surface area (Å²) in [5.41, 5.74) is 2.63. The first-order chi connectivity index (χ1) is 32.4. The SMILES string of the molecule is C=CC(=O)OCCCCCCOc1ccc(C(=O)OCCCCCCOc2ccc(C#Cc3ccc(OOCc4ccc(OCCCCCCOC5CCCCO5)cc4)c(F)c3)cc2)cc1. The zero-order valence-electron chi connectivity index (χ0n) is 38.2. The molecule has 1 heterocycles. The highest BCUT2D eigenvalue weighted by Gasteiger charge is 2.13. The van der Waals surface area contributed by atoms with Gasteiger partial charge in [0.05, 0.1) is 38.6 Å². The molecule has 0 radical (unpaired) electrons. The minimum Gasteiger partial charge on any atom is -0.494 e. The molecular formula is C54H65FO11. The number of hydrogen-bond acceptors (Lipinski definition) is 11. The first-order valence-corrected chi connectivity index (χ1v) is 23.4. The number of unbranched alkanes of at least 4 members (excludes halogenated alkanes) is 9. The Bertz CT molecular complexity index is 2050. The van der Waals surface area contributed by atoms with Crippen LogP contribution in [0.25, 0.3) is 0 Å². The van der Waals surface area contributed by atoms with E-state index in [1.807, 2.05) is 48.5 Å². The number of halogens is 1. The van der Waals surface area contributed by atoms with Crippen LogP contribution in [0.3, 0.4) is 0 Å². The fraction of sp³-hybridized carbons (Fsp3) is 0.444. The average Bonchev–Trinajstić information content (AvgIpc) is 3.35. The van der Waals surface area contributed by atoms with Gasteiger partial charge in [0.15, 0.2) is 12.1 Å². The number of carbonyl (C=O) groups excluding carboxylic acids is 2. The van der Waals surface area contributed by atoms with Crippen LogP contribution >= 0.6 is 0 Å². The molecule has 0 saturated carbocycles. The molecule has 4 aromatic carbocycles. The molecule has 0 N–H and O–H groups in total. The number of carbonyl (C=O) groups is 2. The van der Waals surface area contributed by atoms with E-state index in [-0.39, 0.29) is 24.6 Å². The van der Waals surface area contributed by atoms with Crippen molar-refractivity contribution in [3.8, 4) is 34.8 Å². The van der Waals surface area contributed by atoms with E-state index in [1.54, 1.807) is 30.3 Å². The van der Waals surface area contributed by atoms with Gasteiger partial charge in [0.2, 0.25) is 5.75 Å². The molecule has 0 amide bonds. The highest BCUT2D eigenvalue weighted by molar-refractivity contribution is 5.89. The van der Waals surface area contributed by atoms with Crippen LogP contribution in [0.1, 0.15) is 123 Å². The summed E-state index contributed by atoms with van der Waals surface area (Å²) >= 11 is 0. The van der Waals surface area contributed by atoms with Crippen LogP contribution in [-0.4, -0.2) is 64.5 Å². The van der Waals surface area contributed by atoms with Crippen LogP contribution in [0.15, 0.2) is 104 Å². The van der Waals surface area contributed by atoms with E-state index in [0.29, 0.717) is 49.9 Å². The maximum absolute atomic E-state index is 14.8. The van der Waals surface area contributed by atoms with E-state index in [1.165, 1.54) is 24.6 Å². The lowest BCUT2D eigenvalue weighted by Crippen LogP contribution is -2.22. The Morgan fingerprint density at radius 2 is 1.15 bits per heavy atom. The van der Waals surface area contributed by atoms with Crippen molar-refractivity contribution in [1.29, 1.82) is 0 Å². The van der Waals surface area contributed by atoms with Crippen molar-refractivity contribution >= 4 is 11.9 Å². The van der Waals surface area contributed by atoms with Crippen LogP contribution in [0.5, 0.6) is 23.0 Å². The smallest absolute Gasteiger partial charge is 0.338 e. The zero-order valence-corrected chi connectivity index (χ0v) is 38.2. The Kier molecular flexibility index (Phi) is 24.1. The van der Waals surface area contributed by atoms with Crippen molar-refractivity contribution in [2.24, 2.45) is 0 Å². The van der Waals surface area contributed by atoms with Gasteiger partial charge in [-0.1, -0.05) is 37.0 Å². The molecule has 0 aromatic heterocycles. The zero-order chi connectivity index (χ0) is 46.3. The van der Waals surface area contributed by atoms with Crippen molar-refractivity contribution in [2.45, 2.75) is 109 Å². The van der Waals surface area contributed by atoms with Crippen LogP contribution in [0.4, 0.5) is 4.39 Å². The first-order valence-electron chi connectivity index (χ1n) is 23.4. The predicted molar refractivity (Wildman–Crippen MR) is 250 cm³/mol. The van der Waals surface area contributed by atoms with Gasteiger partial charge < -0.3 is 38.0 Å². The number of hydrogen-bond donors (Lipinski definition) is 0. The molecule has 354 valence electrons. The lowest BCUT2D eigenvalue weighted by molar-refractivity contribution is -0.219. The summed E-state index contributed by atoms with van der Waals surface area (Å²) in [5, 5.41) is 0. The van der Waals surface area contributed by atoms with Crippen molar-refractivity contribution in [3.05, 3.63) is 132 Å². The second kappa shape index (κ2) is 31.1. The van der Waals surface area contributed by atoms with Crippen LogP contribution in [-0.2, 0) is 35.2 Å². The minimum absolute atomic E-state index is 0.0138. The first kappa shape index (κ1) is 51.1. The third kappa shape index (κ3) is 21.0. The second-order valence-corrected chi connectivity index (χ2v) is 15.9. The van der Waals surface area contributed by atoms with E-state index in [4.69, 9.17) is 42.9 Å². The molecule has 0 bridgehead atoms. The van der Waals surface area contributed by atoms with E-state index in [0.717, 1.165) is 126 Å². The third-order valence-corrected chi connectivity index (χ3v) is 10.5. The van der Waals surface area contributed by atoms with Crippen molar-refractivity contribution in [3.63, 3.8) is 0 Å². The summed E-state index contributed by atoms with van der Waals surface area (Å²) in [5.74, 6) is 6.95. The standard InChI is InChI=1S/C54H65FO11/c1-2-52(56)61-37-13-6-3-10-36-60-49-31-25-46(26-32-49)54(57)64-40-15-8-5-12-34-58-47-27-20-43(21-28-47)18-19-44-24-33-51(50(55)41-44)66-65-42-45-22-29-48(30-23-45)59-35-11-4-7-14-38-62-53-17-9-16-39-63-53/h2,20-33,41,53H,1,3-17,34-40,42H2. The average molecular weight is 909 g/mol. The van der Waals surface area contributed by atoms with Gasteiger partial charge in [-0.25, -0.2) is 14.0 Å². The van der Waals surface area contributed by atoms with Gasteiger partial charge in [-0.3, -0.25) is 0 Å². The molecule has 0 spiro atoms. The highest BCUT2D eigenvalue weighted by Crippen LogP contribution is 2.21. The molecule has 1 saturated heterocycles. The molecule has 1 atom stereocenters. The molecule has 11 nitrogen and oxygen atoms in total. The largest absolute Gasteiger partial charge is 0.494 e. The Labute approximate surface area is 389 Å². The fourth-order valence-electron chi connectivity index (χ4n) is 6.74. The van der Waals surface area contributed by atoms with Crippen LogP contribution < -0.4 is 19.1 Å². The molecule has 66 heavy (non-hydrogen) atoms. The Morgan fingerprint density at radius 1 is 0.621 bits per heavy atom. The molecule has 0 aliphatic carbocycles. The second-order valence-electron chi connectivity index (χ2n) is 15.9. The topological polar surface area (TPSA) is 117 Å². The lowest BCUT2D eigenvalue weighted by Gasteiger charge is -2.22. The Balaban J connectivity index is 0.855. The van der Waals surface area contributed by atoms with Gasteiger partial charge in [0, 0.05) is 30.4 Å². The summed E-state index contributed by atoms with van der Waals surface area (Å²) in [7, 11) is 0. The highest BCUT2D eigenvalue weighted by atomic mass is 19.1. The van der Waals surface area contributed by atoms with E-state index < -0.39 is 11.8 Å². The molecule has 1 unspecified atom stereocenters. The van der Waals surface area contributed by atoms with Gasteiger partial charge in [0.1, 0.15) is 23.9 Å². The number of esters is 2. The third-order valence-electron chi connectivity index (χ3n) is 10.5. The summed E-state index contributed by atoms with van der Waals surface area (Å²) in [4.78, 5) is 34.0. The van der Waals surface area contributed by atoms with Gasteiger partial charge >= 0.3 is 11.9 Å². The van der Waals surface area contributed by atoms with Crippen LogP contribution in [0.2, 0.25) is 0 Å². The van der Waals surface area contributed by atoms with Crippen molar-refractivity contribution in [2.75, 3.05) is 46.2 Å². The normalized spacial score (nSPS) is 13.2. The molecule has 12 heteroatoms. The monoisotopic (exact) mass is 908 g/mol. The number of ether oxygens (including phenoxy) is 7. The molecule has 1 aliphatic heterocycles. The molecule has 4 aromatic rings. The van der Waals surface area contributed by atoms with Crippen molar-refractivity contribution < 1.29 is 56.9 Å². The summed E-state index contributed by atoms with van der Waals surface area (Å²) < 4.78 is 54.1. The fourth-order valence-corrected chi connectivity index (χ4v) is 6.74. The predicted octanol–water partition coefficient (Wildman–Crippen LogP) is 11.7. The lowest BCUT2D eigenvalue weighted by atomic mass is 10.1. The summed E-state index contributed by atoms with van der Waals surface area (Å²) in [6, 6.07) is 26.5. The molecule has 5 rings (SSSR count). The Morgan fingerprint density at radius 3 is 1.73 bits per heavy atom. The summed E-state index contributed by atoms with van der Waals surface area (Å²) in [6.07, 6.45) is 15.8. The van der Waals surface area contributed by atoms with E-state index in [9.17, 15) is 14.0 Å². The minimum atomic E-state index is -0.572. The van der Waals surface area contributed by atoms with Crippen LogP contribution in [0, 0.1) is 17.7 Å². The molecule has 1 fully saturated rings. The van der Waals surface area contributed by atoms with Gasteiger partial charge in [-0.05, 0) is 174 Å². The quantitative estimate of drug-likeness (QED) is 0.0120. The maximum atomic E-state index is 14.8. The van der Waals surface area contributed by atoms with Crippen molar-refractivity contribution in [1.82, 2.24) is 0 Å². The van der Waals surface area contributed by atoms with Gasteiger partial charge in [0.25, 0.3) is 0 Å². The van der Waals surface area contributed by atoms with E-state index >= 15 is 0 Å². The summed E-state index contributed by atoms with van der Waals surface area (Å²) in [6.45, 7) is 7.63. The number of rotatable bonds is 31. The van der Waals surface area contributed by atoms with Gasteiger partial charge in [-0.15, -0.1) is 0 Å². The maximum Gasteiger partial charge on any atom is 0.338 e. The molecular weight excluding hydrogens is 844 g/mol. The van der Waals surface area contributed by atoms with Gasteiger partial charge in [-0.2, -0.15) is 4.89 Å². The Hall–Kier alpha value is -5.87.